The van der Waals surface area contributed by atoms with Crippen LogP contribution in [0, 0.1) is 6.92 Å². The van der Waals surface area contributed by atoms with Crippen molar-refractivity contribution in [3.05, 3.63) is 41.2 Å². The Balaban J connectivity index is 1.71. The average Bonchev–Trinajstić information content (AvgIpc) is 3.18. The van der Waals surface area contributed by atoms with Gasteiger partial charge in [0.05, 0.1) is 30.9 Å². The number of carbonyl (C=O) groups excluding carboxylic acids is 1. The highest BCUT2D eigenvalue weighted by atomic mass is 32.1. The molecule has 1 amide bonds. The van der Waals surface area contributed by atoms with Gasteiger partial charge < -0.3 is 14.6 Å². The van der Waals surface area contributed by atoms with Gasteiger partial charge >= 0.3 is 0 Å². The van der Waals surface area contributed by atoms with Crippen LogP contribution >= 0.6 is 11.3 Å². The number of amides is 1. The van der Waals surface area contributed by atoms with Crippen LogP contribution in [0.3, 0.4) is 0 Å². The number of hydrogen-bond donors (Lipinski definition) is 1. The second-order valence-corrected chi connectivity index (χ2v) is 5.73. The molecular formula is C14H17N5O2S. The van der Waals surface area contributed by atoms with E-state index in [1.807, 2.05) is 27.5 Å². The van der Waals surface area contributed by atoms with Crippen LogP contribution in [0.15, 0.2) is 24.1 Å². The van der Waals surface area contributed by atoms with Crippen molar-refractivity contribution in [2.24, 2.45) is 0 Å². The number of nitrogens with zero attached hydrogens (tertiary/aromatic N) is 4. The van der Waals surface area contributed by atoms with Crippen LogP contribution in [0.4, 0.5) is 0 Å². The Labute approximate surface area is 131 Å². The Morgan fingerprint density at radius 3 is 3.18 bits per heavy atom. The fourth-order valence-corrected chi connectivity index (χ4v) is 3.07. The molecule has 0 aromatic carbocycles. The molecule has 8 heteroatoms. The molecule has 0 atom stereocenters. The molecule has 3 rings (SSSR count). The van der Waals surface area contributed by atoms with E-state index < -0.39 is 0 Å². The second-order valence-electron chi connectivity index (χ2n) is 4.86. The number of fused-ring (bicyclic) bond motifs is 1. The molecule has 0 aliphatic heterocycles. The predicted molar refractivity (Wildman–Crippen MR) is 83.1 cm³/mol. The molecule has 0 radical (unpaired) electrons. The van der Waals surface area contributed by atoms with E-state index in [-0.39, 0.29) is 5.91 Å². The van der Waals surface area contributed by atoms with Gasteiger partial charge in [-0.2, -0.15) is 0 Å². The molecular weight excluding hydrogens is 302 g/mol. The van der Waals surface area contributed by atoms with Gasteiger partial charge in [-0.1, -0.05) is 0 Å². The second kappa shape index (κ2) is 6.29. The van der Waals surface area contributed by atoms with E-state index in [1.165, 1.54) is 11.3 Å². The normalized spacial score (nSPS) is 11.2. The van der Waals surface area contributed by atoms with Crippen molar-refractivity contribution in [1.29, 1.82) is 0 Å². The zero-order valence-electron chi connectivity index (χ0n) is 12.4. The molecule has 0 saturated carbocycles. The topological polar surface area (TPSA) is 73.4 Å². The van der Waals surface area contributed by atoms with Gasteiger partial charge in [-0.05, 0) is 6.92 Å². The van der Waals surface area contributed by atoms with E-state index >= 15 is 0 Å². The van der Waals surface area contributed by atoms with Crippen molar-refractivity contribution >= 4 is 22.2 Å². The van der Waals surface area contributed by atoms with Gasteiger partial charge in [0.2, 0.25) is 0 Å². The van der Waals surface area contributed by atoms with E-state index in [2.05, 4.69) is 15.3 Å². The molecule has 0 aliphatic rings. The van der Waals surface area contributed by atoms with Crippen LogP contribution in [-0.2, 0) is 17.8 Å². The number of imidazole rings is 2. The third-order valence-electron chi connectivity index (χ3n) is 3.42. The van der Waals surface area contributed by atoms with E-state index in [4.69, 9.17) is 4.74 Å². The van der Waals surface area contributed by atoms with Crippen molar-refractivity contribution in [2.45, 2.75) is 20.0 Å². The van der Waals surface area contributed by atoms with E-state index in [0.717, 1.165) is 16.3 Å². The Morgan fingerprint density at radius 2 is 2.36 bits per heavy atom. The molecule has 3 aromatic heterocycles. The van der Waals surface area contributed by atoms with Crippen molar-refractivity contribution < 1.29 is 9.53 Å². The van der Waals surface area contributed by atoms with Crippen LogP contribution in [0.25, 0.3) is 4.96 Å². The quantitative estimate of drug-likeness (QED) is 0.747. The smallest absolute Gasteiger partial charge is 0.270 e. The van der Waals surface area contributed by atoms with Crippen LogP contribution < -0.4 is 5.32 Å². The SMILES string of the molecule is COCCn1cncc1CNC(=O)c1c(C)nc2sccn12. The number of ether oxygens (including phenoxy) is 1. The lowest BCUT2D eigenvalue weighted by Gasteiger charge is -2.09. The highest BCUT2D eigenvalue weighted by Crippen LogP contribution is 2.16. The summed E-state index contributed by atoms with van der Waals surface area (Å²) in [5, 5.41) is 4.85. The third kappa shape index (κ3) is 2.75. The molecule has 3 aromatic rings. The molecule has 7 nitrogen and oxygen atoms in total. The summed E-state index contributed by atoms with van der Waals surface area (Å²) in [4.78, 5) is 21.8. The van der Waals surface area contributed by atoms with Gasteiger partial charge in [0.1, 0.15) is 5.69 Å². The first-order valence-corrected chi connectivity index (χ1v) is 7.77. The van der Waals surface area contributed by atoms with Gasteiger partial charge in [-0.25, -0.2) is 9.97 Å². The highest BCUT2D eigenvalue weighted by molar-refractivity contribution is 7.15. The Morgan fingerprint density at radius 1 is 1.50 bits per heavy atom. The van der Waals surface area contributed by atoms with Crippen molar-refractivity contribution in [3.63, 3.8) is 0 Å². The van der Waals surface area contributed by atoms with Crippen LogP contribution in [0.2, 0.25) is 0 Å². The summed E-state index contributed by atoms with van der Waals surface area (Å²) < 4.78 is 8.85. The summed E-state index contributed by atoms with van der Waals surface area (Å²) in [6, 6.07) is 0. The number of hydrogen-bond acceptors (Lipinski definition) is 5. The molecule has 0 unspecified atom stereocenters. The predicted octanol–water partition coefficient (Wildman–Crippen LogP) is 1.48. The lowest BCUT2D eigenvalue weighted by Crippen LogP contribution is -2.26. The van der Waals surface area contributed by atoms with Crippen LogP contribution in [0.1, 0.15) is 21.9 Å². The number of methoxy groups -OCH3 is 1. The molecule has 0 bridgehead atoms. The first kappa shape index (κ1) is 14.7. The first-order valence-electron chi connectivity index (χ1n) is 6.89. The monoisotopic (exact) mass is 319 g/mol. The number of nitrogens with one attached hydrogen (secondary N) is 1. The molecule has 116 valence electrons. The maximum Gasteiger partial charge on any atom is 0.270 e. The fourth-order valence-electron chi connectivity index (χ4n) is 2.31. The lowest BCUT2D eigenvalue weighted by molar-refractivity contribution is 0.0943. The number of rotatable bonds is 6. The van der Waals surface area contributed by atoms with Gasteiger partial charge in [0.15, 0.2) is 4.96 Å². The zero-order chi connectivity index (χ0) is 15.5. The summed E-state index contributed by atoms with van der Waals surface area (Å²) >= 11 is 1.51. The van der Waals surface area contributed by atoms with E-state index in [0.29, 0.717) is 25.4 Å². The summed E-state index contributed by atoms with van der Waals surface area (Å²) in [6.45, 7) is 3.58. The van der Waals surface area contributed by atoms with Crippen LogP contribution in [0.5, 0.6) is 0 Å². The maximum atomic E-state index is 12.4. The Bertz CT molecular complexity index is 788. The minimum Gasteiger partial charge on any atom is -0.383 e. The van der Waals surface area contributed by atoms with Gasteiger partial charge in [-0.3, -0.25) is 9.20 Å². The highest BCUT2D eigenvalue weighted by Gasteiger charge is 2.17. The summed E-state index contributed by atoms with van der Waals surface area (Å²) in [6.07, 6.45) is 5.35. The molecule has 1 N–H and O–H groups in total. The van der Waals surface area contributed by atoms with E-state index in [9.17, 15) is 4.79 Å². The average molecular weight is 319 g/mol. The summed E-state index contributed by atoms with van der Waals surface area (Å²) in [5.74, 6) is -0.136. The minimum atomic E-state index is -0.136. The Kier molecular flexibility index (Phi) is 4.21. The number of aryl methyl sites for hydroxylation is 1. The largest absolute Gasteiger partial charge is 0.383 e. The molecule has 0 aliphatic carbocycles. The van der Waals surface area contributed by atoms with Crippen LogP contribution in [-0.4, -0.2) is 38.6 Å². The summed E-state index contributed by atoms with van der Waals surface area (Å²) in [5.41, 5.74) is 2.26. The molecule has 0 fully saturated rings. The van der Waals surface area contributed by atoms with Crippen molar-refractivity contribution in [3.8, 4) is 0 Å². The standard InChI is InChI=1S/C14H17N5O2S/c1-10-12(19-4-6-22-14(19)17-10)13(20)16-8-11-7-15-9-18(11)3-5-21-2/h4,6-7,9H,3,5,8H2,1-2H3,(H,16,20). The first-order chi connectivity index (χ1) is 10.7. The van der Waals surface area contributed by atoms with Gasteiger partial charge in [-0.15, -0.1) is 11.3 Å². The fraction of sp³-hybridized carbons (Fsp3) is 0.357. The lowest BCUT2D eigenvalue weighted by atomic mass is 10.3. The Hall–Kier alpha value is -2.19. The number of carbonyl (C=O) groups is 1. The van der Waals surface area contributed by atoms with Crippen molar-refractivity contribution in [2.75, 3.05) is 13.7 Å². The zero-order valence-corrected chi connectivity index (χ0v) is 13.3. The van der Waals surface area contributed by atoms with E-state index in [1.54, 1.807) is 19.6 Å². The van der Waals surface area contributed by atoms with Gasteiger partial charge in [0.25, 0.3) is 5.91 Å². The molecule has 0 saturated heterocycles. The third-order valence-corrected chi connectivity index (χ3v) is 4.17. The molecule has 22 heavy (non-hydrogen) atoms. The minimum absolute atomic E-state index is 0.136. The maximum absolute atomic E-state index is 12.4. The molecule has 0 spiro atoms. The van der Waals surface area contributed by atoms with Crippen molar-refractivity contribution in [1.82, 2.24) is 24.3 Å². The number of aromatic nitrogens is 4. The van der Waals surface area contributed by atoms with Gasteiger partial charge in [0, 0.05) is 31.4 Å². The molecule has 3 heterocycles. The summed E-state index contributed by atoms with van der Waals surface area (Å²) in [7, 11) is 1.66. The number of thiazole rings is 1.